The summed E-state index contributed by atoms with van der Waals surface area (Å²) in [4.78, 5) is 36.9. The van der Waals surface area contributed by atoms with E-state index in [0.717, 1.165) is 12.8 Å². The van der Waals surface area contributed by atoms with Crippen LogP contribution in [-0.4, -0.2) is 47.3 Å². The topological polar surface area (TPSA) is 102 Å². The van der Waals surface area contributed by atoms with Crippen molar-refractivity contribution in [3.05, 3.63) is 0 Å². The van der Waals surface area contributed by atoms with Crippen LogP contribution in [0.25, 0.3) is 0 Å². The van der Waals surface area contributed by atoms with Gasteiger partial charge in [-0.3, -0.25) is 14.4 Å². The molecular formula is C17H19NO6. The first-order valence-electron chi connectivity index (χ1n) is 8.94. The quantitative estimate of drug-likeness (QED) is 0.643. The molecule has 2 saturated heterocycles. The maximum atomic E-state index is 12.8. The van der Waals surface area contributed by atoms with Crippen molar-refractivity contribution in [3.63, 3.8) is 0 Å². The second-order valence-corrected chi connectivity index (χ2v) is 8.44. The van der Waals surface area contributed by atoms with Crippen LogP contribution in [-0.2, 0) is 23.9 Å². The number of ether oxygens (including phenoxy) is 2. The van der Waals surface area contributed by atoms with Crippen LogP contribution >= 0.6 is 0 Å². The maximum Gasteiger partial charge on any atom is 0.310 e. The molecule has 0 aromatic heterocycles. The predicted molar refractivity (Wildman–Crippen MR) is 76.0 cm³/mol. The van der Waals surface area contributed by atoms with Gasteiger partial charge in [0.25, 0.3) is 0 Å². The lowest BCUT2D eigenvalue weighted by Crippen LogP contribution is -2.46. The molecule has 4 saturated carbocycles. The number of nitrogens with one attached hydrogen (secondary N) is 1. The third-order valence-corrected chi connectivity index (χ3v) is 7.67. The molecule has 6 aliphatic rings. The molecule has 128 valence electrons. The fourth-order valence-corrected chi connectivity index (χ4v) is 6.80. The first kappa shape index (κ1) is 13.6. The fourth-order valence-electron chi connectivity index (χ4n) is 6.80. The normalized spacial score (nSPS) is 58.3. The highest BCUT2D eigenvalue weighted by molar-refractivity contribution is 5.87. The van der Waals surface area contributed by atoms with Gasteiger partial charge in [-0.1, -0.05) is 0 Å². The first-order valence-corrected chi connectivity index (χ1v) is 8.94. The van der Waals surface area contributed by atoms with E-state index in [2.05, 4.69) is 5.32 Å². The highest BCUT2D eigenvalue weighted by atomic mass is 16.6. The SMILES string of the molecule is O=C1NC2C3CC(CC13)[C@H]2OC(=O)C1C2CC3C(OC(=O)C31)C2O. The number of fused-ring (bicyclic) bond motifs is 2. The summed E-state index contributed by atoms with van der Waals surface area (Å²) in [5.74, 6) is -1.41. The molecule has 7 heteroatoms. The second kappa shape index (κ2) is 4.12. The van der Waals surface area contributed by atoms with Crippen molar-refractivity contribution in [2.75, 3.05) is 0 Å². The van der Waals surface area contributed by atoms with E-state index >= 15 is 0 Å². The number of amides is 1. The number of hydrogen-bond acceptors (Lipinski definition) is 6. The zero-order valence-corrected chi connectivity index (χ0v) is 13.0. The summed E-state index contributed by atoms with van der Waals surface area (Å²) >= 11 is 0. The van der Waals surface area contributed by atoms with Gasteiger partial charge < -0.3 is 19.9 Å². The molecule has 2 N–H and O–H groups in total. The van der Waals surface area contributed by atoms with Gasteiger partial charge in [0.05, 0.1) is 24.0 Å². The minimum absolute atomic E-state index is 0.0503. The van der Waals surface area contributed by atoms with E-state index in [4.69, 9.17) is 9.47 Å². The van der Waals surface area contributed by atoms with Crippen molar-refractivity contribution in [1.82, 2.24) is 5.32 Å². The summed E-state index contributed by atoms with van der Waals surface area (Å²) in [5, 5.41) is 13.3. The lowest BCUT2D eigenvalue weighted by Gasteiger charge is -2.31. The summed E-state index contributed by atoms with van der Waals surface area (Å²) in [6, 6.07) is -0.0722. The van der Waals surface area contributed by atoms with Crippen molar-refractivity contribution in [1.29, 1.82) is 0 Å². The van der Waals surface area contributed by atoms with Gasteiger partial charge in [-0.2, -0.15) is 0 Å². The van der Waals surface area contributed by atoms with Gasteiger partial charge >= 0.3 is 11.9 Å². The summed E-state index contributed by atoms with van der Waals surface area (Å²) in [6.07, 6.45) is 0.895. The number of carbonyl (C=O) groups is 3. The van der Waals surface area contributed by atoms with Gasteiger partial charge in [-0.25, -0.2) is 0 Å². The molecule has 0 radical (unpaired) electrons. The number of esters is 2. The molecule has 0 aromatic carbocycles. The van der Waals surface area contributed by atoms with E-state index in [9.17, 15) is 19.5 Å². The Morgan fingerprint density at radius 2 is 2.00 bits per heavy atom. The molecule has 11 atom stereocenters. The van der Waals surface area contributed by atoms with Crippen LogP contribution in [0, 0.1) is 41.4 Å². The Bertz CT molecular complexity index is 678. The Morgan fingerprint density at radius 1 is 1.17 bits per heavy atom. The average molecular weight is 333 g/mol. The number of rotatable bonds is 2. The molecule has 6 fully saturated rings. The number of aliphatic hydroxyl groups excluding tert-OH is 1. The molecule has 24 heavy (non-hydrogen) atoms. The maximum absolute atomic E-state index is 12.8. The van der Waals surface area contributed by atoms with Crippen molar-refractivity contribution < 1.29 is 29.0 Å². The largest absolute Gasteiger partial charge is 0.460 e. The molecule has 0 spiro atoms. The zero-order valence-electron chi connectivity index (χ0n) is 13.0. The summed E-state index contributed by atoms with van der Waals surface area (Å²) < 4.78 is 11.1. The monoisotopic (exact) mass is 333 g/mol. The molecule has 10 unspecified atom stereocenters. The zero-order chi connectivity index (χ0) is 16.3. The van der Waals surface area contributed by atoms with Gasteiger partial charge in [-0.05, 0) is 31.1 Å². The molecule has 2 heterocycles. The summed E-state index contributed by atoms with van der Waals surface area (Å²) in [6.45, 7) is 0. The Balaban J connectivity index is 1.25. The van der Waals surface area contributed by atoms with Gasteiger partial charge in [0, 0.05) is 17.8 Å². The van der Waals surface area contributed by atoms with Gasteiger partial charge in [-0.15, -0.1) is 0 Å². The van der Waals surface area contributed by atoms with Crippen molar-refractivity contribution in [2.24, 2.45) is 41.4 Å². The van der Waals surface area contributed by atoms with E-state index in [1.54, 1.807) is 0 Å². The highest BCUT2D eigenvalue weighted by Crippen LogP contribution is 2.59. The van der Waals surface area contributed by atoms with Crippen LogP contribution in [0.4, 0.5) is 0 Å². The van der Waals surface area contributed by atoms with E-state index in [0.29, 0.717) is 6.42 Å². The van der Waals surface area contributed by atoms with Gasteiger partial charge in [0.2, 0.25) is 5.91 Å². The third kappa shape index (κ3) is 1.38. The van der Waals surface area contributed by atoms with Crippen LogP contribution < -0.4 is 5.32 Å². The fraction of sp³-hybridized carbons (Fsp3) is 0.824. The van der Waals surface area contributed by atoms with Crippen LogP contribution in [0.2, 0.25) is 0 Å². The van der Waals surface area contributed by atoms with Crippen LogP contribution in [0.1, 0.15) is 19.3 Å². The van der Waals surface area contributed by atoms with Crippen LogP contribution in [0.5, 0.6) is 0 Å². The average Bonchev–Trinajstić information content (AvgIpc) is 3.30. The van der Waals surface area contributed by atoms with E-state index in [1.165, 1.54) is 0 Å². The standard InChI is InChI=1S/C17H19NO6/c19-12-7-3-8-10(17(22)24-14(8)12)9(7)16(21)23-13-4-1-5-6(2-4)15(20)18-11(5)13/h4-14,19H,1-3H2,(H,18,20)/t4?,5?,6?,7?,8?,9?,10?,11?,12?,13-,14?/m1/s1. The third-order valence-electron chi connectivity index (χ3n) is 7.67. The molecule has 4 aliphatic carbocycles. The highest BCUT2D eigenvalue weighted by Gasteiger charge is 2.69. The molecule has 7 nitrogen and oxygen atoms in total. The van der Waals surface area contributed by atoms with Crippen LogP contribution in [0.3, 0.4) is 0 Å². The minimum Gasteiger partial charge on any atom is -0.460 e. The molecule has 6 rings (SSSR count). The van der Waals surface area contributed by atoms with E-state index < -0.39 is 24.0 Å². The van der Waals surface area contributed by atoms with Gasteiger partial charge in [0.15, 0.2) is 0 Å². The Kier molecular flexibility index (Phi) is 2.34. The lowest BCUT2D eigenvalue weighted by molar-refractivity contribution is -0.164. The van der Waals surface area contributed by atoms with Crippen molar-refractivity contribution in [2.45, 2.75) is 43.6 Å². The number of hydrogen-bond donors (Lipinski definition) is 2. The molecule has 2 aliphatic heterocycles. The van der Waals surface area contributed by atoms with Crippen molar-refractivity contribution >= 4 is 17.8 Å². The molecule has 0 aromatic rings. The minimum atomic E-state index is -0.758. The first-order chi connectivity index (χ1) is 11.5. The van der Waals surface area contributed by atoms with Gasteiger partial charge in [0.1, 0.15) is 12.2 Å². The summed E-state index contributed by atoms with van der Waals surface area (Å²) in [5.41, 5.74) is 0. The molecular weight excluding hydrogens is 314 g/mol. The molecule has 1 amide bonds. The van der Waals surface area contributed by atoms with E-state index in [-0.39, 0.29) is 59.6 Å². The lowest BCUT2D eigenvalue weighted by atomic mass is 9.78. The summed E-state index contributed by atoms with van der Waals surface area (Å²) in [7, 11) is 0. The second-order valence-electron chi connectivity index (χ2n) is 8.44. The Hall–Kier alpha value is -1.63. The Morgan fingerprint density at radius 3 is 2.83 bits per heavy atom. The molecule has 4 bridgehead atoms. The van der Waals surface area contributed by atoms with E-state index in [1.807, 2.05) is 0 Å². The number of carbonyl (C=O) groups excluding carboxylic acids is 3. The smallest absolute Gasteiger partial charge is 0.310 e. The van der Waals surface area contributed by atoms with Crippen LogP contribution in [0.15, 0.2) is 0 Å². The predicted octanol–water partition coefficient (Wildman–Crippen LogP) is -0.779. The number of aliphatic hydroxyl groups is 1. The Labute approximate surface area is 138 Å². The van der Waals surface area contributed by atoms with Crippen molar-refractivity contribution in [3.8, 4) is 0 Å².